The van der Waals surface area contributed by atoms with Gasteiger partial charge in [-0.05, 0) is 44.5 Å². The number of rotatable bonds is 6. The molecular formula is C14H22FNO2. The predicted octanol–water partition coefficient (Wildman–Crippen LogP) is 1.87. The number of nitrogens with zero attached hydrogens (tertiary/aromatic N) is 1. The Morgan fingerprint density at radius 2 is 2.06 bits per heavy atom. The number of halogens is 1. The van der Waals surface area contributed by atoms with Gasteiger partial charge < -0.3 is 15.1 Å². The molecular weight excluding hydrogens is 233 g/mol. The van der Waals surface area contributed by atoms with Crippen LogP contribution in [0.15, 0.2) is 18.2 Å². The molecule has 4 heteroatoms. The molecule has 0 saturated heterocycles. The average molecular weight is 255 g/mol. The van der Waals surface area contributed by atoms with E-state index in [9.17, 15) is 9.50 Å². The van der Waals surface area contributed by atoms with Gasteiger partial charge >= 0.3 is 0 Å². The van der Waals surface area contributed by atoms with Crippen LogP contribution < -0.4 is 0 Å². The third-order valence-corrected chi connectivity index (χ3v) is 3.35. The minimum atomic E-state index is -0.673. The van der Waals surface area contributed by atoms with Crippen LogP contribution in [0.1, 0.15) is 30.6 Å². The minimum Gasteiger partial charge on any atom is -0.395 e. The van der Waals surface area contributed by atoms with E-state index in [1.807, 2.05) is 18.9 Å². The molecule has 1 aromatic rings. The molecule has 0 saturated carbocycles. The van der Waals surface area contributed by atoms with Crippen LogP contribution in [0.2, 0.25) is 0 Å². The zero-order chi connectivity index (χ0) is 13.7. The van der Waals surface area contributed by atoms with E-state index < -0.39 is 6.10 Å². The van der Waals surface area contributed by atoms with Crippen molar-refractivity contribution in [3.05, 3.63) is 35.1 Å². The molecule has 0 bridgehead atoms. The lowest BCUT2D eigenvalue weighted by atomic mass is 10.0. The Bertz CT molecular complexity index is 384. The van der Waals surface area contributed by atoms with Crippen LogP contribution in [0.3, 0.4) is 0 Å². The molecule has 0 radical (unpaired) electrons. The fourth-order valence-corrected chi connectivity index (χ4v) is 1.67. The van der Waals surface area contributed by atoms with Crippen molar-refractivity contribution in [3.8, 4) is 0 Å². The maximum atomic E-state index is 13.4. The summed E-state index contributed by atoms with van der Waals surface area (Å²) < 4.78 is 13.4. The van der Waals surface area contributed by atoms with Gasteiger partial charge in [-0.15, -0.1) is 0 Å². The number of aliphatic hydroxyl groups is 2. The van der Waals surface area contributed by atoms with E-state index in [0.29, 0.717) is 24.1 Å². The van der Waals surface area contributed by atoms with Crippen molar-refractivity contribution in [1.82, 2.24) is 4.90 Å². The van der Waals surface area contributed by atoms with Gasteiger partial charge in [0.25, 0.3) is 0 Å². The second kappa shape index (κ2) is 6.83. The molecule has 18 heavy (non-hydrogen) atoms. The van der Waals surface area contributed by atoms with E-state index in [4.69, 9.17) is 5.11 Å². The van der Waals surface area contributed by atoms with Crippen LogP contribution in [0.4, 0.5) is 4.39 Å². The van der Waals surface area contributed by atoms with E-state index in [1.54, 1.807) is 19.1 Å². The molecule has 0 aliphatic carbocycles. The Morgan fingerprint density at radius 3 is 2.61 bits per heavy atom. The van der Waals surface area contributed by atoms with Crippen LogP contribution in [0.5, 0.6) is 0 Å². The summed E-state index contributed by atoms with van der Waals surface area (Å²) in [5, 5.41) is 19.0. The van der Waals surface area contributed by atoms with Crippen molar-refractivity contribution in [2.24, 2.45) is 0 Å². The van der Waals surface area contributed by atoms with Gasteiger partial charge in [-0.3, -0.25) is 0 Å². The Morgan fingerprint density at radius 1 is 1.39 bits per heavy atom. The second-order valence-electron chi connectivity index (χ2n) is 4.83. The molecule has 0 fully saturated rings. The van der Waals surface area contributed by atoms with Crippen molar-refractivity contribution in [2.45, 2.75) is 32.4 Å². The average Bonchev–Trinajstić information content (AvgIpc) is 2.37. The van der Waals surface area contributed by atoms with Gasteiger partial charge in [0.2, 0.25) is 0 Å². The molecule has 3 nitrogen and oxygen atoms in total. The maximum absolute atomic E-state index is 13.4. The molecule has 0 spiro atoms. The lowest BCUT2D eigenvalue weighted by Gasteiger charge is -2.24. The number of aryl methyl sites for hydroxylation is 1. The van der Waals surface area contributed by atoms with Crippen LogP contribution in [-0.2, 0) is 0 Å². The van der Waals surface area contributed by atoms with Crippen molar-refractivity contribution >= 4 is 0 Å². The van der Waals surface area contributed by atoms with E-state index in [0.717, 1.165) is 0 Å². The first kappa shape index (κ1) is 15.1. The third-order valence-electron chi connectivity index (χ3n) is 3.35. The molecule has 2 atom stereocenters. The highest BCUT2D eigenvalue weighted by atomic mass is 19.1. The fourth-order valence-electron chi connectivity index (χ4n) is 1.67. The lowest BCUT2D eigenvalue weighted by Crippen LogP contribution is -2.33. The number of benzene rings is 1. The topological polar surface area (TPSA) is 43.7 Å². The van der Waals surface area contributed by atoms with Gasteiger partial charge in [-0.1, -0.05) is 12.1 Å². The largest absolute Gasteiger partial charge is 0.395 e. The molecule has 0 aromatic heterocycles. The summed E-state index contributed by atoms with van der Waals surface area (Å²) in [5.41, 5.74) is 1.18. The van der Waals surface area contributed by atoms with Gasteiger partial charge in [0.1, 0.15) is 5.82 Å². The molecule has 2 N–H and O–H groups in total. The zero-order valence-electron chi connectivity index (χ0n) is 11.2. The van der Waals surface area contributed by atoms with Gasteiger partial charge in [0.05, 0.1) is 12.7 Å². The van der Waals surface area contributed by atoms with Crippen molar-refractivity contribution < 1.29 is 14.6 Å². The van der Waals surface area contributed by atoms with Gasteiger partial charge in [0.15, 0.2) is 0 Å². The first-order valence-electron chi connectivity index (χ1n) is 6.21. The van der Waals surface area contributed by atoms with Crippen molar-refractivity contribution in [2.75, 3.05) is 20.2 Å². The van der Waals surface area contributed by atoms with Crippen molar-refractivity contribution in [1.29, 1.82) is 0 Å². The second-order valence-corrected chi connectivity index (χ2v) is 4.83. The van der Waals surface area contributed by atoms with Crippen LogP contribution >= 0.6 is 0 Å². The SMILES string of the molecule is Cc1ccc(C(O)CCN(C)C(C)CO)cc1F. The monoisotopic (exact) mass is 255 g/mol. The first-order chi connectivity index (χ1) is 8.45. The highest BCUT2D eigenvalue weighted by Gasteiger charge is 2.13. The molecule has 0 heterocycles. The first-order valence-corrected chi connectivity index (χ1v) is 6.21. The highest BCUT2D eigenvalue weighted by Crippen LogP contribution is 2.19. The minimum absolute atomic E-state index is 0.0620. The van der Waals surface area contributed by atoms with Crippen LogP contribution in [0, 0.1) is 12.7 Å². The molecule has 0 aliphatic heterocycles. The van der Waals surface area contributed by atoms with E-state index in [2.05, 4.69) is 0 Å². The third kappa shape index (κ3) is 4.05. The Labute approximate surface area is 108 Å². The summed E-state index contributed by atoms with van der Waals surface area (Å²) in [7, 11) is 1.89. The number of likely N-dealkylation sites (N-methyl/N-ethyl adjacent to an activating group) is 1. The summed E-state index contributed by atoms with van der Waals surface area (Å²) in [5.74, 6) is -0.288. The van der Waals surface area contributed by atoms with E-state index >= 15 is 0 Å². The standard InChI is InChI=1S/C14H22FNO2/c1-10-4-5-12(8-13(10)15)14(18)6-7-16(3)11(2)9-17/h4-5,8,11,14,17-18H,6-7,9H2,1-3H3. The summed E-state index contributed by atoms with van der Waals surface area (Å²) in [6.07, 6.45) is -0.156. The lowest BCUT2D eigenvalue weighted by molar-refractivity contribution is 0.117. The molecule has 0 amide bonds. The van der Waals surface area contributed by atoms with Crippen molar-refractivity contribution in [3.63, 3.8) is 0 Å². The van der Waals surface area contributed by atoms with E-state index in [-0.39, 0.29) is 18.5 Å². The number of hydrogen-bond acceptors (Lipinski definition) is 3. The molecule has 102 valence electrons. The van der Waals surface area contributed by atoms with E-state index in [1.165, 1.54) is 6.07 Å². The summed E-state index contributed by atoms with van der Waals surface area (Å²) in [6.45, 7) is 4.35. The summed E-state index contributed by atoms with van der Waals surface area (Å²) in [6, 6.07) is 4.87. The molecule has 0 aliphatic rings. The van der Waals surface area contributed by atoms with Gasteiger partial charge in [0, 0.05) is 12.6 Å². The van der Waals surface area contributed by atoms with Gasteiger partial charge in [-0.2, -0.15) is 0 Å². The summed E-state index contributed by atoms with van der Waals surface area (Å²) in [4.78, 5) is 1.97. The zero-order valence-corrected chi connectivity index (χ0v) is 11.2. The molecule has 1 aromatic carbocycles. The Kier molecular flexibility index (Phi) is 5.72. The van der Waals surface area contributed by atoms with Gasteiger partial charge in [-0.25, -0.2) is 4.39 Å². The molecule has 2 unspecified atom stereocenters. The quantitative estimate of drug-likeness (QED) is 0.815. The Hall–Kier alpha value is -0.970. The number of aliphatic hydroxyl groups excluding tert-OH is 2. The number of hydrogen-bond donors (Lipinski definition) is 2. The van der Waals surface area contributed by atoms with Crippen LogP contribution in [0.25, 0.3) is 0 Å². The Balaban J connectivity index is 2.54. The fraction of sp³-hybridized carbons (Fsp3) is 0.571. The predicted molar refractivity (Wildman–Crippen MR) is 69.9 cm³/mol. The van der Waals surface area contributed by atoms with Crippen LogP contribution in [-0.4, -0.2) is 41.4 Å². The molecule has 1 rings (SSSR count). The smallest absolute Gasteiger partial charge is 0.126 e. The maximum Gasteiger partial charge on any atom is 0.126 e. The highest BCUT2D eigenvalue weighted by molar-refractivity contribution is 5.24. The summed E-state index contributed by atoms with van der Waals surface area (Å²) >= 11 is 0. The normalized spacial score (nSPS) is 14.8.